The highest BCUT2D eigenvalue weighted by molar-refractivity contribution is 5.92. The van der Waals surface area contributed by atoms with Crippen LogP contribution in [0.2, 0.25) is 0 Å². The second-order valence-corrected chi connectivity index (χ2v) is 16.7. The van der Waals surface area contributed by atoms with E-state index in [4.69, 9.17) is 0 Å². The van der Waals surface area contributed by atoms with Gasteiger partial charge in [-0.15, -0.1) is 0 Å². The van der Waals surface area contributed by atoms with Gasteiger partial charge < -0.3 is 9.80 Å². The molecule has 0 fully saturated rings. The van der Waals surface area contributed by atoms with Gasteiger partial charge in [-0.05, 0) is 116 Å². The Balaban J connectivity index is 1.15. The molecule has 53 heavy (non-hydrogen) atoms. The van der Waals surface area contributed by atoms with E-state index in [0.29, 0.717) is 0 Å². The molecule has 3 aliphatic rings. The summed E-state index contributed by atoms with van der Waals surface area (Å²) < 4.78 is 0. The molecule has 7 aromatic carbocycles. The molecule has 0 radical (unpaired) electrons. The van der Waals surface area contributed by atoms with Crippen LogP contribution >= 0.6 is 0 Å². The predicted octanol–water partition coefficient (Wildman–Crippen LogP) is 13.9. The Morgan fingerprint density at radius 2 is 0.792 bits per heavy atom. The van der Waals surface area contributed by atoms with Gasteiger partial charge in [0.15, 0.2) is 0 Å². The van der Waals surface area contributed by atoms with E-state index in [-0.39, 0.29) is 16.2 Å². The second-order valence-electron chi connectivity index (χ2n) is 16.7. The lowest BCUT2D eigenvalue weighted by molar-refractivity contribution is 0.631. The van der Waals surface area contributed by atoms with Crippen LogP contribution in [-0.2, 0) is 16.2 Å². The van der Waals surface area contributed by atoms with E-state index in [9.17, 15) is 0 Å². The number of benzene rings is 7. The number of fused-ring (bicyclic) bond motifs is 8. The van der Waals surface area contributed by atoms with Crippen molar-refractivity contribution >= 4 is 34.1 Å². The van der Waals surface area contributed by atoms with E-state index in [2.05, 4.69) is 209 Å². The molecule has 2 nitrogen and oxygen atoms in total. The molecule has 2 heteroatoms. The fraction of sp³-hybridized carbons (Fsp3) is 0.176. The van der Waals surface area contributed by atoms with Crippen molar-refractivity contribution in [1.29, 1.82) is 0 Å². The summed E-state index contributed by atoms with van der Waals surface area (Å²) in [5.41, 5.74) is 20.3. The third-order valence-electron chi connectivity index (χ3n) is 12.6. The molecule has 10 rings (SSSR count). The van der Waals surface area contributed by atoms with Gasteiger partial charge in [-0.1, -0.05) is 139 Å². The van der Waals surface area contributed by atoms with Gasteiger partial charge in [0.1, 0.15) is 0 Å². The Labute approximate surface area is 314 Å². The van der Waals surface area contributed by atoms with Crippen molar-refractivity contribution in [2.24, 2.45) is 0 Å². The van der Waals surface area contributed by atoms with E-state index in [0.717, 1.165) is 11.4 Å². The van der Waals surface area contributed by atoms with Crippen LogP contribution in [0.15, 0.2) is 158 Å². The number of para-hydroxylation sites is 2. The summed E-state index contributed by atoms with van der Waals surface area (Å²) in [4.78, 5) is 4.94. The maximum atomic E-state index is 2.50. The van der Waals surface area contributed by atoms with Crippen LogP contribution in [0.25, 0.3) is 22.3 Å². The van der Waals surface area contributed by atoms with Gasteiger partial charge >= 0.3 is 0 Å². The SMILES string of the molecule is CC1(C)c2ccccc2-c2ccc(N(c3ccccc3)c3ccc4c(c3)C(C)(C)c3ccccc3N4c3ccc4c(c3)C(C)(C)c3ccccc3-4)cc21. The van der Waals surface area contributed by atoms with Gasteiger partial charge in [0.05, 0.1) is 11.4 Å². The van der Waals surface area contributed by atoms with E-state index in [1.54, 1.807) is 0 Å². The Bertz CT molecular complexity index is 2610. The maximum Gasteiger partial charge on any atom is 0.0504 e. The number of rotatable bonds is 4. The number of hydrogen-bond acceptors (Lipinski definition) is 2. The number of anilines is 6. The van der Waals surface area contributed by atoms with E-state index < -0.39 is 0 Å². The number of hydrogen-bond donors (Lipinski definition) is 0. The lowest BCUT2D eigenvalue weighted by Gasteiger charge is -2.43. The lowest BCUT2D eigenvalue weighted by Crippen LogP contribution is -2.31. The Morgan fingerprint density at radius 1 is 0.340 bits per heavy atom. The molecule has 0 unspecified atom stereocenters. The third kappa shape index (κ3) is 4.45. The Morgan fingerprint density at radius 3 is 1.45 bits per heavy atom. The molecule has 0 aromatic heterocycles. The van der Waals surface area contributed by atoms with E-state index in [1.807, 2.05) is 0 Å². The molecule has 0 saturated heterocycles. The fourth-order valence-electron chi connectivity index (χ4n) is 9.80. The monoisotopic (exact) mass is 684 g/mol. The molecule has 0 saturated carbocycles. The van der Waals surface area contributed by atoms with Gasteiger partial charge in [-0.3, -0.25) is 0 Å². The zero-order valence-corrected chi connectivity index (χ0v) is 31.4. The van der Waals surface area contributed by atoms with Crippen LogP contribution in [0.1, 0.15) is 74.9 Å². The highest BCUT2D eigenvalue weighted by atomic mass is 15.2. The standard InChI is InChI=1S/C51H44N2/c1-49(2)41-20-12-10-18-37(41)39-27-24-34(30-44(39)49)52(33-16-8-7-9-17-33)35-26-29-48-46(32-35)51(5,6)43-22-14-15-23-47(43)53(48)36-25-28-40-38-19-11-13-21-42(38)50(3,4)45(40)31-36/h7-32H,1-6H3. The quantitative estimate of drug-likeness (QED) is 0.182. The largest absolute Gasteiger partial charge is 0.310 e. The highest BCUT2D eigenvalue weighted by Gasteiger charge is 2.40. The van der Waals surface area contributed by atoms with Gasteiger partial charge in [-0.25, -0.2) is 0 Å². The second kappa shape index (κ2) is 11.1. The molecular formula is C51H44N2. The van der Waals surface area contributed by atoms with Crippen LogP contribution in [0, 0.1) is 0 Å². The van der Waals surface area contributed by atoms with Gasteiger partial charge in [0.25, 0.3) is 0 Å². The first-order valence-electron chi connectivity index (χ1n) is 18.9. The molecule has 0 atom stereocenters. The zero-order chi connectivity index (χ0) is 36.3. The normalized spacial score (nSPS) is 16.2. The maximum absolute atomic E-state index is 2.50. The molecular weight excluding hydrogens is 641 g/mol. The zero-order valence-electron chi connectivity index (χ0n) is 31.4. The van der Waals surface area contributed by atoms with Crippen LogP contribution < -0.4 is 9.80 Å². The fourth-order valence-corrected chi connectivity index (χ4v) is 9.80. The summed E-state index contributed by atoms with van der Waals surface area (Å²) in [6.45, 7) is 14.2. The van der Waals surface area contributed by atoms with Gasteiger partial charge in [0, 0.05) is 39.0 Å². The van der Waals surface area contributed by atoms with Gasteiger partial charge in [-0.2, -0.15) is 0 Å². The average molecular weight is 685 g/mol. The van der Waals surface area contributed by atoms with Crippen molar-refractivity contribution in [3.63, 3.8) is 0 Å². The first-order valence-corrected chi connectivity index (χ1v) is 18.9. The minimum Gasteiger partial charge on any atom is -0.310 e. The van der Waals surface area contributed by atoms with Crippen molar-refractivity contribution in [3.8, 4) is 22.3 Å². The minimum absolute atomic E-state index is 0.0782. The Hall–Kier alpha value is -5.86. The average Bonchev–Trinajstić information content (AvgIpc) is 3.55. The van der Waals surface area contributed by atoms with Crippen molar-refractivity contribution in [2.75, 3.05) is 9.80 Å². The van der Waals surface area contributed by atoms with Crippen LogP contribution in [-0.4, -0.2) is 0 Å². The molecule has 0 N–H and O–H groups in total. The topological polar surface area (TPSA) is 6.48 Å². The summed E-state index contributed by atoms with van der Waals surface area (Å²) in [5, 5.41) is 0. The van der Waals surface area contributed by atoms with E-state index in [1.165, 1.54) is 78.4 Å². The summed E-state index contributed by atoms with van der Waals surface area (Å²) in [6.07, 6.45) is 0. The molecule has 2 aliphatic carbocycles. The predicted molar refractivity (Wildman–Crippen MR) is 223 cm³/mol. The summed E-state index contributed by atoms with van der Waals surface area (Å²) >= 11 is 0. The van der Waals surface area contributed by atoms with Crippen molar-refractivity contribution in [2.45, 2.75) is 57.8 Å². The molecule has 1 aliphatic heterocycles. The van der Waals surface area contributed by atoms with Crippen LogP contribution in [0.4, 0.5) is 34.1 Å². The third-order valence-corrected chi connectivity index (χ3v) is 12.6. The summed E-state index contributed by atoms with van der Waals surface area (Å²) in [6, 6.07) is 58.9. The smallest absolute Gasteiger partial charge is 0.0504 e. The minimum atomic E-state index is -0.228. The molecule has 0 spiro atoms. The summed E-state index contributed by atoms with van der Waals surface area (Å²) in [5.74, 6) is 0. The highest BCUT2D eigenvalue weighted by Crippen LogP contribution is 2.56. The van der Waals surface area contributed by atoms with E-state index >= 15 is 0 Å². The molecule has 0 bridgehead atoms. The number of nitrogens with zero attached hydrogens (tertiary/aromatic N) is 2. The molecule has 1 heterocycles. The first kappa shape index (κ1) is 31.8. The van der Waals surface area contributed by atoms with Crippen molar-refractivity contribution in [1.82, 2.24) is 0 Å². The molecule has 7 aromatic rings. The van der Waals surface area contributed by atoms with Crippen LogP contribution in [0.5, 0.6) is 0 Å². The van der Waals surface area contributed by atoms with Crippen LogP contribution in [0.3, 0.4) is 0 Å². The lowest BCUT2D eigenvalue weighted by atomic mass is 9.73. The van der Waals surface area contributed by atoms with Gasteiger partial charge in [0.2, 0.25) is 0 Å². The van der Waals surface area contributed by atoms with Crippen molar-refractivity contribution in [3.05, 3.63) is 191 Å². The molecule has 258 valence electrons. The molecule has 0 amide bonds. The first-order chi connectivity index (χ1) is 25.6. The Kier molecular flexibility index (Phi) is 6.65. The summed E-state index contributed by atoms with van der Waals surface area (Å²) in [7, 11) is 0. The van der Waals surface area contributed by atoms with Crippen molar-refractivity contribution < 1.29 is 0 Å².